The Balaban J connectivity index is 1.96. The number of amides is 1. The molecule has 0 fully saturated rings. The van der Waals surface area contributed by atoms with Crippen molar-refractivity contribution in [3.05, 3.63) is 69.8 Å². The van der Waals surface area contributed by atoms with Crippen LogP contribution in [-0.2, 0) is 9.53 Å². The number of hydrogen-bond donors (Lipinski definition) is 2. The minimum atomic E-state index is -0.763. The molecule has 1 aromatic heterocycles. The Bertz CT molecular complexity index is 844. The van der Waals surface area contributed by atoms with Gasteiger partial charge < -0.3 is 24.3 Å². The highest BCUT2D eigenvalue weighted by Crippen LogP contribution is 2.39. The second kappa shape index (κ2) is 8.51. The number of aliphatic hydroxyl groups excluding tert-OH is 2. The Morgan fingerprint density at radius 3 is 2.59 bits per heavy atom. The maximum absolute atomic E-state index is 12.9. The fourth-order valence-corrected chi connectivity index (χ4v) is 3.24. The van der Waals surface area contributed by atoms with E-state index in [4.69, 9.17) is 14.3 Å². The molecule has 0 saturated carbocycles. The zero-order chi connectivity index (χ0) is 19.4. The van der Waals surface area contributed by atoms with Crippen molar-refractivity contribution in [3.8, 4) is 0 Å². The van der Waals surface area contributed by atoms with Gasteiger partial charge in [-0.1, -0.05) is 28.1 Å². The second-order valence-electron chi connectivity index (χ2n) is 5.86. The van der Waals surface area contributed by atoms with E-state index in [-0.39, 0.29) is 37.7 Å². The Hall–Kier alpha value is -2.42. The fourth-order valence-electron chi connectivity index (χ4n) is 2.98. The molecule has 0 radical (unpaired) electrons. The van der Waals surface area contributed by atoms with Gasteiger partial charge in [-0.05, 0) is 29.8 Å². The van der Waals surface area contributed by atoms with E-state index in [0.717, 1.165) is 4.47 Å². The average Bonchev–Trinajstić information content (AvgIpc) is 3.28. The largest absolute Gasteiger partial charge is 0.503 e. The molecule has 1 atom stereocenters. The molecule has 1 unspecified atom stereocenters. The van der Waals surface area contributed by atoms with Crippen LogP contribution in [0.25, 0.3) is 0 Å². The van der Waals surface area contributed by atoms with Crippen molar-refractivity contribution in [1.29, 1.82) is 0 Å². The SMILES string of the molecule is O=C(C1=C(O)C(=O)N(CCOCCO)C1c1ccc(Br)cc1)c1ccco1. The first-order valence-corrected chi connectivity index (χ1v) is 9.10. The molecule has 0 spiro atoms. The summed E-state index contributed by atoms with van der Waals surface area (Å²) in [6.45, 7) is 0.325. The van der Waals surface area contributed by atoms with E-state index in [9.17, 15) is 14.7 Å². The van der Waals surface area contributed by atoms with Crippen LogP contribution in [-0.4, -0.2) is 53.2 Å². The number of furan rings is 1. The summed E-state index contributed by atoms with van der Waals surface area (Å²) in [6.07, 6.45) is 1.36. The highest BCUT2D eigenvalue weighted by atomic mass is 79.9. The molecule has 2 aromatic rings. The fraction of sp³-hybridized carbons (Fsp3) is 0.263. The van der Waals surface area contributed by atoms with Gasteiger partial charge in [-0.3, -0.25) is 9.59 Å². The van der Waals surface area contributed by atoms with Gasteiger partial charge in [-0.25, -0.2) is 0 Å². The van der Waals surface area contributed by atoms with Gasteiger partial charge >= 0.3 is 0 Å². The van der Waals surface area contributed by atoms with Gasteiger partial charge in [0.15, 0.2) is 11.5 Å². The zero-order valence-corrected chi connectivity index (χ0v) is 15.9. The maximum atomic E-state index is 12.9. The highest BCUT2D eigenvalue weighted by Gasteiger charge is 2.44. The summed E-state index contributed by atoms with van der Waals surface area (Å²) in [5.74, 6) is -1.74. The molecule has 0 saturated heterocycles. The Labute approximate surface area is 164 Å². The van der Waals surface area contributed by atoms with Crippen molar-refractivity contribution in [2.24, 2.45) is 0 Å². The summed E-state index contributed by atoms with van der Waals surface area (Å²) in [6, 6.07) is 9.43. The van der Waals surface area contributed by atoms with Gasteiger partial charge in [0.2, 0.25) is 5.78 Å². The standard InChI is InChI=1S/C19H18BrNO6/c20-13-5-3-12(4-6-13)16-15(17(23)14-2-1-9-27-14)18(24)19(25)21(16)7-10-26-11-8-22/h1-6,9,16,22,24H,7-8,10-11H2. The zero-order valence-electron chi connectivity index (χ0n) is 14.3. The van der Waals surface area contributed by atoms with Crippen LogP contribution >= 0.6 is 15.9 Å². The lowest BCUT2D eigenvalue weighted by Crippen LogP contribution is -2.34. The summed E-state index contributed by atoms with van der Waals surface area (Å²) >= 11 is 3.36. The van der Waals surface area contributed by atoms with Crippen LogP contribution in [0.3, 0.4) is 0 Å². The van der Waals surface area contributed by atoms with E-state index in [2.05, 4.69) is 15.9 Å². The topological polar surface area (TPSA) is 100 Å². The van der Waals surface area contributed by atoms with Crippen molar-refractivity contribution in [3.63, 3.8) is 0 Å². The number of ketones is 1. The first-order chi connectivity index (χ1) is 13.0. The van der Waals surface area contributed by atoms with Gasteiger partial charge in [0, 0.05) is 11.0 Å². The van der Waals surface area contributed by atoms with Gasteiger partial charge in [-0.15, -0.1) is 0 Å². The van der Waals surface area contributed by atoms with Crippen LogP contribution in [0.2, 0.25) is 0 Å². The van der Waals surface area contributed by atoms with Crippen molar-refractivity contribution in [2.75, 3.05) is 26.4 Å². The number of hydrogen-bond acceptors (Lipinski definition) is 6. The first-order valence-electron chi connectivity index (χ1n) is 8.31. The number of carbonyl (C=O) groups is 2. The minimum absolute atomic E-state index is 0.0283. The van der Waals surface area contributed by atoms with Crippen molar-refractivity contribution >= 4 is 27.6 Å². The van der Waals surface area contributed by atoms with E-state index in [1.54, 1.807) is 30.3 Å². The predicted molar refractivity (Wildman–Crippen MR) is 99.2 cm³/mol. The number of Topliss-reactive ketones (excluding diaryl/α,β-unsaturated/α-hetero) is 1. The lowest BCUT2D eigenvalue weighted by atomic mass is 9.95. The van der Waals surface area contributed by atoms with Crippen molar-refractivity contribution in [2.45, 2.75) is 6.04 Å². The van der Waals surface area contributed by atoms with E-state index in [1.165, 1.54) is 17.2 Å². The molecule has 2 heterocycles. The van der Waals surface area contributed by atoms with E-state index < -0.39 is 23.5 Å². The van der Waals surface area contributed by atoms with Crippen LogP contribution in [0.5, 0.6) is 0 Å². The normalized spacial score (nSPS) is 17.0. The monoisotopic (exact) mass is 435 g/mol. The number of nitrogens with zero attached hydrogens (tertiary/aromatic N) is 1. The molecular weight excluding hydrogens is 418 g/mol. The van der Waals surface area contributed by atoms with Crippen LogP contribution in [0.4, 0.5) is 0 Å². The molecule has 1 aliphatic rings. The molecule has 1 aliphatic heterocycles. The second-order valence-corrected chi connectivity index (χ2v) is 6.77. The summed E-state index contributed by atoms with van der Waals surface area (Å²) < 4.78 is 11.3. The molecule has 8 heteroatoms. The van der Waals surface area contributed by atoms with E-state index >= 15 is 0 Å². The Morgan fingerprint density at radius 2 is 1.96 bits per heavy atom. The van der Waals surface area contributed by atoms with Crippen molar-refractivity contribution in [1.82, 2.24) is 4.90 Å². The quantitative estimate of drug-likeness (QED) is 0.488. The van der Waals surface area contributed by atoms with Crippen LogP contribution < -0.4 is 0 Å². The third kappa shape index (κ3) is 3.97. The summed E-state index contributed by atoms with van der Waals surface area (Å²) in [7, 11) is 0. The average molecular weight is 436 g/mol. The van der Waals surface area contributed by atoms with E-state index in [1.807, 2.05) is 0 Å². The molecule has 0 bridgehead atoms. The molecule has 0 aliphatic carbocycles. The lowest BCUT2D eigenvalue weighted by Gasteiger charge is -2.26. The van der Waals surface area contributed by atoms with Crippen LogP contribution in [0, 0.1) is 0 Å². The molecule has 1 amide bonds. The Morgan fingerprint density at radius 1 is 1.22 bits per heavy atom. The van der Waals surface area contributed by atoms with Crippen molar-refractivity contribution < 1.29 is 29.0 Å². The summed E-state index contributed by atoms with van der Waals surface area (Å²) in [5.41, 5.74) is 0.645. The van der Waals surface area contributed by atoms with Gasteiger partial charge in [-0.2, -0.15) is 0 Å². The molecule has 2 N–H and O–H groups in total. The summed E-state index contributed by atoms with van der Waals surface area (Å²) in [5, 5.41) is 19.2. The Kier molecular flexibility index (Phi) is 6.10. The first kappa shape index (κ1) is 19.3. The van der Waals surface area contributed by atoms with Crippen LogP contribution in [0.15, 0.2) is 62.9 Å². The molecule has 142 valence electrons. The highest BCUT2D eigenvalue weighted by molar-refractivity contribution is 9.10. The number of benzene rings is 1. The lowest BCUT2D eigenvalue weighted by molar-refractivity contribution is -0.130. The minimum Gasteiger partial charge on any atom is -0.503 e. The number of ether oxygens (including phenoxy) is 1. The predicted octanol–water partition coefficient (Wildman–Crippen LogP) is 2.63. The maximum Gasteiger partial charge on any atom is 0.290 e. The van der Waals surface area contributed by atoms with Gasteiger partial charge in [0.05, 0.1) is 37.7 Å². The third-order valence-electron chi connectivity index (χ3n) is 4.19. The molecule has 3 rings (SSSR count). The van der Waals surface area contributed by atoms with Gasteiger partial charge in [0.1, 0.15) is 0 Å². The molecule has 27 heavy (non-hydrogen) atoms. The van der Waals surface area contributed by atoms with Crippen LogP contribution in [0.1, 0.15) is 22.2 Å². The van der Waals surface area contributed by atoms with Gasteiger partial charge in [0.25, 0.3) is 5.91 Å². The summed E-state index contributed by atoms with van der Waals surface area (Å²) in [4.78, 5) is 26.9. The third-order valence-corrected chi connectivity index (χ3v) is 4.72. The molecular formula is C19H18BrNO6. The number of halogens is 1. The smallest absolute Gasteiger partial charge is 0.290 e. The van der Waals surface area contributed by atoms with E-state index in [0.29, 0.717) is 5.56 Å². The molecule has 7 nitrogen and oxygen atoms in total. The number of rotatable bonds is 8. The number of carbonyl (C=O) groups excluding carboxylic acids is 2. The number of aliphatic hydroxyl groups is 2. The molecule has 1 aromatic carbocycles.